The van der Waals surface area contributed by atoms with Gasteiger partial charge in [-0.2, -0.15) is 0 Å². The van der Waals surface area contributed by atoms with Crippen LogP contribution in [0.4, 0.5) is 5.69 Å². The number of nitrogens with two attached hydrogens (primary N) is 1. The highest BCUT2D eigenvalue weighted by Crippen LogP contribution is 2.28. The molecule has 0 saturated heterocycles. The zero-order valence-corrected chi connectivity index (χ0v) is 12.2. The zero-order valence-electron chi connectivity index (χ0n) is 10.6. The Morgan fingerprint density at radius 3 is 2.47 bits per heavy atom. The van der Waals surface area contributed by atoms with Crippen LogP contribution in [0.2, 0.25) is 0 Å². The molecule has 0 amide bonds. The zero-order chi connectivity index (χ0) is 12.4. The van der Waals surface area contributed by atoms with Crippen molar-refractivity contribution in [1.82, 2.24) is 0 Å². The topological polar surface area (TPSA) is 29.3 Å². The average molecular weight is 297 g/mol. The van der Waals surface area contributed by atoms with Gasteiger partial charge >= 0.3 is 0 Å². The van der Waals surface area contributed by atoms with E-state index in [9.17, 15) is 0 Å². The molecule has 1 aromatic carbocycles. The fourth-order valence-corrected chi connectivity index (χ4v) is 2.87. The molecule has 2 rings (SSSR count). The lowest BCUT2D eigenvalue weighted by molar-refractivity contribution is 0.385. The van der Waals surface area contributed by atoms with Gasteiger partial charge in [-0.3, -0.25) is 0 Å². The molecule has 0 bridgehead atoms. The van der Waals surface area contributed by atoms with Crippen LogP contribution >= 0.6 is 15.9 Å². The van der Waals surface area contributed by atoms with E-state index in [1.165, 1.54) is 28.6 Å². The summed E-state index contributed by atoms with van der Waals surface area (Å²) >= 11 is 3.60. The Morgan fingerprint density at radius 2 is 1.88 bits per heavy atom. The SMILES string of the molecule is Cc1ccc(N(C)C2CCC(N)CC2)cc1Br. The van der Waals surface area contributed by atoms with Gasteiger partial charge in [0.15, 0.2) is 0 Å². The van der Waals surface area contributed by atoms with Gasteiger partial charge in [-0.1, -0.05) is 22.0 Å². The molecule has 3 heteroatoms. The van der Waals surface area contributed by atoms with E-state index in [0.717, 1.165) is 12.8 Å². The number of anilines is 1. The van der Waals surface area contributed by atoms with Gasteiger partial charge < -0.3 is 10.6 Å². The molecule has 1 aliphatic carbocycles. The van der Waals surface area contributed by atoms with Crippen LogP contribution in [0.1, 0.15) is 31.2 Å². The van der Waals surface area contributed by atoms with E-state index < -0.39 is 0 Å². The van der Waals surface area contributed by atoms with Crippen molar-refractivity contribution in [2.45, 2.75) is 44.7 Å². The molecule has 1 aromatic rings. The normalized spacial score (nSPS) is 24.7. The van der Waals surface area contributed by atoms with Crippen LogP contribution in [0, 0.1) is 6.92 Å². The third kappa shape index (κ3) is 3.02. The number of nitrogens with zero attached hydrogens (tertiary/aromatic N) is 1. The maximum Gasteiger partial charge on any atom is 0.0377 e. The van der Waals surface area contributed by atoms with Crippen molar-refractivity contribution in [3.05, 3.63) is 28.2 Å². The lowest BCUT2D eigenvalue weighted by Gasteiger charge is -2.35. The predicted octanol–water partition coefficient (Wildman–Crippen LogP) is 3.46. The van der Waals surface area contributed by atoms with Gasteiger partial charge in [-0.05, 0) is 50.3 Å². The van der Waals surface area contributed by atoms with Gasteiger partial charge in [0.2, 0.25) is 0 Å². The number of rotatable bonds is 2. The Labute approximate surface area is 112 Å². The first-order chi connectivity index (χ1) is 8.08. The van der Waals surface area contributed by atoms with Crippen molar-refractivity contribution in [2.75, 3.05) is 11.9 Å². The molecule has 0 aliphatic heterocycles. The van der Waals surface area contributed by atoms with Crippen molar-refractivity contribution in [1.29, 1.82) is 0 Å². The highest BCUT2D eigenvalue weighted by Gasteiger charge is 2.22. The van der Waals surface area contributed by atoms with Crippen LogP contribution in [-0.2, 0) is 0 Å². The molecule has 2 N–H and O–H groups in total. The molecule has 0 heterocycles. The van der Waals surface area contributed by atoms with Crippen molar-refractivity contribution in [3.63, 3.8) is 0 Å². The van der Waals surface area contributed by atoms with E-state index in [0.29, 0.717) is 12.1 Å². The van der Waals surface area contributed by atoms with Crippen LogP contribution in [0.5, 0.6) is 0 Å². The summed E-state index contributed by atoms with van der Waals surface area (Å²) in [6.07, 6.45) is 4.73. The van der Waals surface area contributed by atoms with E-state index in [4.69, 9.17) is 5.73 Å². The van der Waals surface area contributed by atoms with Gasteiger partial charge in [-0.15, -0.1) is 0 Å². The molecular weight excluding hydrogens is 276 g/mol. The lowest BCUT2D eigenvalue weighted by atomic mass is 9.91. The first-order valence-electron chi connectivity index (χ1n) is 6.32. The van der Waals surface area contributed by atoms with Gasteiger partial charge in [0.1, 0.15) is 0 Å². The molecular formula is C14H21BrN2. The van der Waals surface area contributed by atoms with E-state index in [1.807, 2.05) is 0 Å². The highest BCUT2D eigenvalue weighted by molar-refractivity contribution is 9.10. The Balaban J connectivity index is 2.08. The predicted molar refractivity (Wildman–Crippen MR) is 77.5 cm³/mol. The number of hydrogen-bond donors (Lipinski definition) is 1. The van der Waals surface area contributed by atoms with Crippen LogP contribution in [0.15, 0.2) is 22.7 Å². The summed E-state index contributed by atoms with van der Waals surface area (Å²) in [6, 6.07) is 7.65. The molecule has 0 atom stereocenters. The van der Waals surface area contributed by atoms with Crippen molar-refractivity contribution >= 4 is 21.6 Å². The second kappa shape index (κ2) is 5.40. The molecule has 0 radical (unpaired) electrons. The molecule has 0 unspecified atom stereocenters. The van der Waals surface area contributed by atoms with Gasteiger partial charge in [0.25, 0.3) is 0 Å². The maximum absolute atomic E-state index is 5.95. The number of benzene rings is 1. The minimum absolute atomic E-state index is 0.421. The Morgan fingerprint density at radius 1 is 1.24 bits per heavy atom. The fraction of sp³-hybridized carbons (Fsp3) is 0.571. The number of halogens is 1. The summed E-state index contributed by atoms with van der Waals surface area (Å²) in [7, 11) is 2.19. The van der Waals surface area contributed by atoms with Gasteiger partial charge in [0, 0.05) is 29.3 Å². The van der Waals surface area contributed by atoms with Gasteiger partial charge in [-0.25, -0.2) is 0 Å². The minimum atomic E-state index is 0.421. The van der Waals surface area contributed by atoms with E-state index in [-0.39, 0.29) is 0 Å². The van der Waals surface area contributed by atoms with E-state index in [1.54, 1.807) is 0 Å². The summed E-state index contributed by atoms with van der Waals surface area (Å²) in [5, 5.41) is 0. The smallest absolute Gasteiger partial charge is 0.0377 e. The molecule has 1 fully saturated rings. The van der Waals surface area contributed by atoms with Crippen LogP contribution in [0.25, 0.3) is 0 Å². The summed E-state index contributed by atoms with van der Waals surface area (Å²) in [5.74, 6) is 0. The van der Waals surface area contributed by atoms with E-state index in [2.05, 4.69) is 53.0 Å². The van der Waals surface area contributed by atoms with E-state index >= 15 is 0 Å². The van der Waals surface area contributed by atoms with Gasteiger partial charge in [0.05, 0.1) is 0 Å². The summed E-state index contributed by atoms with van der Waals surface area (Å²) < 4.78 is 1.19. The van der Waals surface area contributed by atoms with Crippen LogP contribution < -0.4 is 10.6 Å². The van der Waals surface area contributed by atoms with Crippen LogP contribution in [-0.4, -0.2) is 19.1 Å². The Kier molecular flexibility index (Phi) is 4.10. The van der Waals surface area contributed by atoms with Crippen molar-refractivity contribution in [2.24, 2.45) is 5.73 Å². The third-order valence-electron chi connectivity index (χ3n) is 3.85. The maximum atomic E-state index is 5.95. The summed E-state index contributed by atoms with van der Waals surface area (Å²) in [5.41, 5.74) is 8.53. The molecule has 0 spiro atoms. The second-order valence-electron chi connectivity index (χ2n) is 5.11. The molecule has 1 saturated carbocycles. The quantitative estimate of drug-likeness (QED) is 0.905. The third-order valence-corrected chi connectivity index (χ3v) is 4.71. The second-order valence-corrected chi connectivity index (χ2v) is 5.97. The largest absolute Gasteiger partial charge is 0.372 e. The molecule has 94 valence electrons. The molecule has 1 aliphatic rings. The summed E-state index contributed by atoms with van der Waals surface area (Å²) in [6.45, 7) is 2.12. The Hall–Kier alpha value is -0.540. The molecule has 0 aromatic heterocycles. The standard InChI is InChI=1S/C14H21BrN2/c1-10-3-6-13(9-14(10)15)17(2)12-7-4-11(16)5-8-12/h3,6,9,11-12H,4-5,7-8,16H2,1-2H3. The van der Waals surface area contributed by atoms with Crippen LogP contribution in [0.3, 0.4) is 0 Å². The number of hydrogen-bond acceptors (Lipinski definition) is 2. The Bertz CT molecular complexity index is 384. The summed E-state index contributed by atoms with van der Waals surface area (Å²) in [4.78, 5) is 2.40. The first-order valence-corrected chi connectivity index (χ1v) is 7.12. The lowest BCUT2D eigenvalue weighted by Crippen LogP contribution is -2.38. The van der Waals surface area contributed by atoms with Crippen molar-refractivity contribution < 1.29 is 0 Å². The average Bonchev–Trinajstić information content (AvgIpc) is 2.33. The highest BCUT2D eigenvalue weighted by atomic mass is 79.9. The molecule has 17 heavy (non-hydrogen) atoms. The van der Waals surface area contributed by atoms with Crippen molar-refractivity contribution in [3.8, 4) is 0 Å². The number of aryl methyl sites for hydroxylation is 1. The minimum Gasteiger partial charge on any atom is -0.372 e. The molecule has 2 nitrogen and oxygen atoms in total. The fourth-order valence-electron chi connectivity index (χ4n) is 2.50. The first kappa shape index (κ1) is 12.9. The monoisotopic (exact) mass is 296 g/mol.